The van der Waals surface area contributed by atoms with E-state index < -0.39 is 0 Å². The number of hydrogen-bond acceptors (Lipinski definition) is 4. The number of hydrogen-bond donors (Lipinski definition) is 1. The highest BCUT2D eigenvalue weighted by Gasteiger charge is 2.46. The van der Waals surface area contributed by atoms with Gasteiger partial charge in [-0.1, -0.05) is 12.1 Å². The van der Waals surface area contributed by atoms with Gasteiger partial charge in [-0.2, -0.15) is 0 Å². The third kappa shape index (κ3) is 4.86. The quantitative estimate of drug-likeness (QED) is 0.491. The van der Waals surface area contributed by atoms with Gasteiger partial charge in [0.1, 0.15) is 18.4 Å². The number of nitrogens with one attached hydrogen (secondary N) is 1. The first kappa shape index (κ1) is 21.9. The van der Waals surface area contributed by atoms with Crippen LogP contribution in [0.3, 0.4) is 0 Å². The second-order valence-electron chi connectivity index (χ2n) is 8.03. The molecule has 2 fully saturated rings. The predicted molar refractivity (Wildman–Crippen MR) is 115 cm³/mol. The second-order valence-corrected chi connectivity index (χ2v) is 8.03. The fourth-order valence-corrected chi connectivity index (χ4v) is 4.65. The Morgan fingerprint density at radius 2 is 1.93 bits per heavy atom. The van der Waals surface area contributed by atoms with Crippen LogP contribution in [0, 0.1) is 0 Å². The summed E-state index contributed by atoms with van der Waals surface area (Å²) in [5.74, 6) is 1.06. The van der Waals surface area contributed by atoms with Crippen LogP contribution in [0.25, 0.3) is 0 Å². The number of benzene rings is 1. The van der Waals surface area contributed by atoms with Crippen molar-refractivity contribution in [2.45, 2.75) is 57.4 Å². The molecule has 3 aliphatic rings. The lowest BCUT2D eigenvalue weighted by Crippen LogP contribution is -2.34. The highest BCUT2D eigenvalue weighted by molar-refractivity contribution is 6.04. The Morgan fingerprint density at radius 1 is 1.07 bits per heavy atom. The predicted octanol–water partition coefficient (Wildman–Crippen LogP) is 3.16. The van der Waals surface area contributed by atoms with Crippen LogP contribution >= 0.6 is 12.4 Å². The van der Waals surface area contributed by atoms with E-state index in [1.54, 1.807) is 4.90 Å². The van der Waals surface area contributed by atoms with Gasteiger partial charge >= 0.3 is 6.03 Å². The van der Waals surface area contributed by atoms with Crippen LogP contribution < -0.4 is 10.1 Å². The third-order valence-corrected chi connectivity index (χ3v) is 6.16. The topological polar surface area (TPSA) is 61.9 Å². The highest BCUT2D eigenvalue weighted by Crippen LogP contribution is 2.29. The standard InChI is InChI=1S/C22H31N3O3.ClH/c26-21-19-10-6-15-24(19)22(27)25(21)14-4-3-12-23-13-16-28-20-11-5-8-17-7-1-2-9-18(17)20;/h5,8,11,19,23H,1-4,6-7,9-10,12-16H2;1H. The SMILES string of the molecule is Cl.O=C1C2CCCN2C(=O)N1CCCCNCCOc1cccc2c1CCCC2. The van der Waals surface area contributed by atoms with Crippen molar-refractivity contribution in [2.75, 3.05) is 32.8 Å². The van der Waals surface area contributed by atoms with Gasteiger partial charge in [-0.15, -0.1) is 12.4 Å². The molecule has 1 aromatic rings. The zero-order chi connectivity index (χ0) is 19.3. The Balaban J connectivity index is 0.00000240. The van der Waals surface area contributed by atoms with Gasteiger partial charge in [-0.05, 0) is 75.1 Å². The average Bonchev–Trinajstić information content (AvgIpc) is 3.29. The molecule has 1 unspecified atom stereocenters. The molecule has 1 atom stereocenters. The molecular formula is C22H32ClN3O3. The summed E-state index contributed by atoms with van der Waals surface area (Å²) in [7, 11) is 0. The van der Waals surface area contributed by atoms with Crippen LogP contribution in [0.4, 0.5) is 4.79 Å². The second kappa shape index (κ2) is 10.3. The summed E-state index contributed by atoms with van der Waals surface area (Å²) in [6, 6.07) is 6.14. The number of ether oxygens (including phenoxy) is 1. The largest absolute Gasteiger partial charge is 0.492 e. The number of unbranched alkanes of at least 4 members (excludes halogenated alkanes) is 1. The Kier molecular flexibility index (Phi) is 7.78. The number of imide groups is 1. The number of fused-ring (bicyclic) bond motifs is 2. The summed E-state index contributed by atoms with van der Waals surface area (Å²) in [6.07, 6.45) is 8.41. The highest BCUT2D eigenvalue weighted by atomic mass is 35.5. The van der Waals surface area contributed by atoms with E-state index in [2.05, 4.69) is 23.5 Å². The van der Waals surface area contributed by atoms with Crippen molar-refractivity contribution in [2.24, 2.45) is 0 Å². The van der Waals surface area contributed by atoms with E-state index in [0.717, 1.165) is 57.5 Å². The van der Waals surface area contributed by atoms with E-state index in [1.807, 2.05) is 0 Å². The first-order valence-corrected chi connectivity index (χ1v) is 10.8. The number of carbonyl (C=O) groups is 2. The molecule has 2 heterocycles. The molecule has 3 amide bonds. The molecule has 160 valence electrons. The van der Waals surface area contributed by atoms with Crippen molar-refractivity contribution in [3.8, 4) is 5.75 Å². The Morgan fingerprint density at radius 3 is 2.79 bits per heavy atom. The van der Waals surface area contributed by atoms with Gasteiger partial charge in [-0.3, -0.25) is 9.69 Å². The van der Waals surface area contributed by atoms with Crippen LogP contribution in [0.5, 0.6) is 5.75 Å². The fourth-order valence-electron chi connectivity index (χ4n) is 4.65. The maximum Gasteiger partial charge on any atom is 0.327 e. The Labute approximate surface area is 179 Å². The first-order chi connectivity index (χ1) is 13.8. The van der Waals surface area contributed by atoms with E-state index in [-0.39, 0.29) is 30.4 Å². The van der Waals surface area contributed by atoms with Crippen LogP contribution in [0.15, 0.2) is 18.2 Å². The van der Waals surface area contributed by atoms with Crippen LogP contribution in [0.2, 0.25) is 0 Å². The van der Waals surface area contributed by atoms with Gasteiger partial charge in [0, 0.05) is 19.6 Å². The molecular weight excluding hydrogens is 390 g/mol. The molecule has 0 radical (unpaired) electrons. The number of nitrogens with zero attached hydrogens (tertiary/aromatic N) is 2. The van der Waals surface area contributed by atoms with Crippen LogP contribution in [-0.4, -0.2) is 60.6 Å². The van der Waals surface area contributed by atoms with Gasteiger partial charge in [0.15, 0.2) is 0 Å². The first-order valence-electron chi connectivity index (χ1n) is 10.8. The lowest BCUT2D eigenvalue weighted by Gasteiger charge is -2.19. The van der Waals surface area contributed by atoms with Gasteiger partial charge in [-0.25, -0.2) is 4.79 Å². The van der Waals surface area contributed by atoms with Crippen molar-refractivity contribution in [3.05, 3.63) is 29.3 Å². The molecule has 1 N–H and O–H groups in total. The number of rotatable bonds is 9. The summed E-state index contributed by atoms with van der Waals surface area (Å²) in [4.78, 5) is 27.7. The molecule has 6 nitrogen and oxygen atoms in total. The number of amides is 3. The van der Waals surface area contributed by atoms with E-state index >= 15 is 0 Å². The van der Waals surface area contributed by atoms with Crippen LogP contribution in [0.1, 0.15) is 49.7 Å². The third-order valence-electron chi connectivity index (χ3n) is 6.16. The lowest BCUT2D eigenvalue weighted by atomic mass is 9.91. The minimum Gasteiger partial charge on any atom is -0.492 e. The maximum absolute atomic E-state index is 12.3. The van der Waals surface area contributed by atoms with E-state index in [1.165, 1.54) is 35.3 Å². The number of halogens is 1. The molecule has 1 aromatic carbocycles. The summed E-state index contributed by atoms with van der Waals surface area (Å²) in [5, 5.41) is 3.40. The summed E-state index contributed by atoms with van der Waals surface area (Å²) in [5.41, 5.74) is 2.84. The van der Waals surface area contributed by atoms with Gasteiger partial charge in [0.25, 0.3) is 5.91 Å². The molecule has 29 heavy (non-hydrogen) atoms. The van der Waals surface area contributed by atoms with E-state index in [9.17, 15) is 9.59 Å². The molecule has 1 aliphatic carbocycles. The fraction of sp³-hybridized carbons (Fsp3) is 0.636. The molecule has 2 saturated heterocycles. The summed E-state index contributed by atoms with van der Waals surface area (Å²) < 4.78 is 6.00. The number of urea groups is 1. The van der Waals surface area contributed by atoms with Gasteiger partial charge in [0.2, 0.25) is 0 Å². The molecule has 0 bridgehead atoms. The van der Waals surface area contributed by atoms with E-state index in [0.29, 0.717) is 13.2 Å². The summed E-state index contributed by atoms with van der Waals surface area (Å²) in [6.45, 7) is 3.62. The lowest BCUT2D eigenvalue weighted by molar-refractivity contribution is -0.128. The zero-order valence-corrected chi connectivity index (χ0v) is 17.8. The van der Waals surface area contributed by atoms with Crippen LogP contribution in [-0.2, 0) is 17.6 Å². The van der Waals surface area contributed by atoms with E-state index in [4.69, 9.17) is 4.74 Å². The van der Waals surface area contributed by atoms with Crippen molar-refractivity contribution < 1.29 is 14.3 Å². The van der Waals surface area contributed by atoms with Crippen molar-refractivity contribution >= 4 is 24.3 Å². The van der Waals surface area contributed by atoms with Crippen molar-refractivity contribution in [3.63, 3.8) is 0 Å². The molecule has 4 rings (SSSR count). The molecule has 0 spiro atoms. The van der Waals surface area contributed by atoms with Crippen molar-refractivity contribution in [1.82, 2.24) is 15.1 Å². The monoisotopic (exact) mass is 421 g/mol. The maximum atomic E-state index is 12.3. The smallest absolute Gasteiger partial charge is 0.327 e. The Hall–Kier alpha value is -1.79. The van der Waals surface area contributed by atoms with Gasteiger partial charge in [0.05, 0.1) is 0 Å². The minimum absolute atomic E-state index is 0. The molecule has 2 aliphatic heterocycles. The van der Waals surface area contributed by atoms with Crippen molar-refractivity contribution in [1.29, 1.82) is 0 Å². The zero-order valence-electron chi connectivity index (χ0n) is 17.0. The van der Waals surface area contributed by atoms with Gasteiger partial charge < -0.3 is 15.0 Å². The molecule has 0 aromatic heterocycles. The average molecular weight is 422 g/mol. The number of carbonyl (C=O) groups excluding carboxylic acids is 2. The molecule has 0 saturated carbocycles. The number of aryl methyl sites for hydroxylation is 1. The summed E-state index contributed by atoms with van der Waals surface area (Å²) >= 11 is 0. The Bertz CT molecular complexity index is 705. The normalized spacial score (nSPS) is 20.5. The molecule has 7 heteroatoms. The minimum atomic E-state index is -0.175.